The molecule has 2 fully saturated rings. The molecule has 1 saturated carbocycles. The first-order valence-corrected chi connectivity index (χ1v) is 13.3. The van der Waals surface area contributed by atoms with Crippen molar-refractivity contribution in [2.45, 2.75) is 43.4 Å². The Bertz CT molecular complexity index is 1230. The summed E-state index contributed by atoms with van der Waals surface area (Å²) in [5.74, 6) is -0.606. The minimum atomic E-state index is -4.17. The second-order valence-electron chi connectivity index (χ2n) is 9.59. The minimum Gasteiger partial charge on any atom is -0.492 e. The molecule has 2 heterocycles. The number of hydrogen-bond donors (Lipinski definition) is 2. The van der Waals surface area contributed by atoms with Crippen LogP contribution in [-0.2, 0) is 16.4 Å². The molecule has 7 nitrogen and oxygen atoms in total. The maximum Gasteiger partial charge on any atom is 0.341 e. The summed E-state index contributed by atoms with van der Waals surface area (Å²) in [6, 6.07) is 6.90. The van der Waals surface area contributed by atoms with Gasteiger partial charge in [-0.05, 0) is 86.0 Å². The van der Waals surface area contributed by atoms with Crippen LogP contribution in [0.2, 0.25) is 0 Å². The van der Waals surface area contributed by atoms with E-state index in [1.807, 2.05) is 0 Å². The van der Waals surface area contributed by atoms with Gasteiger partial charge in [-0.25, -0.2) is 17.6 Å². The number of carbonyl (C=O) groups is 1. The number of nitrogens with zero attached hydrogens (tertiary/aromatic N) is 1. The molecule has 0 spiro atoms. The van der Waals surface area contributed by atoms with E-state index in [0.29, 0.717) is 24.5 Å². The number of halogens is 1. The SMILES string of the molecule is CCN1CCCC(Cc2cc(F)ccc2S(=O)(=O)Nc2ccc3c(c2C(=O)O)OC[C@@H]2C[C@H]32)C1. The Morgan fingerprint density at radius 1 is 1.29 bits per heavy atom. The highest BCUT2D eigenvalue weighted by atomic mass is 32.2. The molecule has 0 bridgehead atoms. The lowest BCUT2D eigenvalue weighted by atomic mass is 9.91. The lowest BCUT2D eigenvalue weighted by molar-refractivity contribution is 0.0692. The van der Waals surface area contributed by atoms with Crippen molar-refractivity contribution in [1.29, 1.82) is 0 Å². The average Bonchev–Trinajstić information content (AvgIpc) is 3.58. The Balaban J connectivity index is 1.46. The van der Waals surface area contributed by atoms with Gasteiger partial charge in [-0.2, -0.15) is 0 Å². The van der Waals surface area contributed by atoms with Crippen LogP contribution < -0.4 is 9.46 Å². The zero-order chi connectivity index (χ0) is 24.0. The van der Waals surface area contributed by atoms with Gasteiger partial charge in [0.2, 0.25) is 0 Å². The first kappa shape index (κ1) is 23.1. The van der Waals surface area contributed by atoms with Crippen LogP contribution in [0.3, 0.4) is 0 Å². The van der Waals surface area contributed by atoms with Gasteiger partial charge in [0.05, 0.1) is 17.2 Å². The number of ether oxygens (including phenoxy) is 1. The van der Waals surface area contributed by atoms with E-state index in [2.05, 4.69) is 16.5 Å². The number of sulfonamides is 1. The van der Waals surface area contributed by atoms with Crippen LogP contribution in [0.1, 0.15) is 53.6 Å². The first-order valence-electron chi connectivity index (χ1n) is 11.8. The number of carboxylic acid groups (broad SMARTS) is 1. The van der Waals surface area contributed by atoms with Crippen LogP contribution in [0, 0.1) is 17.7 Å². The predicted octanol–water partition coefficient (Wildman–Crippen LogP) is 4.10. The molecule has 3 atom stereocenters. The highest BCUT2D eigenvalue weighted by Gasteiger charge is 2.45. The van der Waals surface area contributed by atoms with E-state index in [9.17, 15) is 22.7 Å². The fourth-order valence-corrected chi connectivity index (χ4v) is 6.74. The summed E-state index contributed by atoms with van der Waals surface area (Å²) in [7, 11) is -4.17. The standard InChI is InChI=1S/C25H29FN2O5S/c1-2-28-9-3-4-15(13-28)10-16-11-18(26)5-8-22(16)34(31,32)27-21-7-6-19-20-12-17(20)14-33-24(19)23(21)25(29)30/h5-8,11,15,17,20,27H,2-4,9-10,12-14H2,1H3,(H,29,30)/t15?,17-,20-/m0/s1. The van der Waals surface area contributed by atoms with E-state index in [-0.39, 0.29) is 33.7 Å². The molecule has 1 aliphatic carbocycles. The van der Waals surface area contributed by atoms with Gasteiger partial charge in [0.15, 0.2) is 0 Å². The van der Waals surface area contributed by atoms with E-state index in [1.165, 1.54) is 18.2 Å². The van der Waals surface area contributed by atoms with Crippen molar-refractivity contribution in [2.24, 2.45) is 11.8 Å². The number of nitrogens with one attached hydrogen (secondary N) is 1. The molecule has 0 radical (unpaired) electrons. The van der Waals surface area contributed by atoms with E-state index < -0.39 is 21.8 Å². The van der Waals surface area contributed by atoms with Crippen LogP contribution in [-0.4, -0.2) is 50.6 Å². The monoisotopic (exact) mass is 488 g/mol. The number of hydrogen-bond acceptors (Lipinski definition) is 5. The van der Waals surface area contributed by atoms with E-state index in [1.54, 1.807) is 6.07 Å². The van der Waals surface area contributed by atoms with Crippen LogP contribution in [0.5, 0.6) is 5.75 Å². The number of rotatable bonds is 7. The second-order valence-corrected chi connectivity index (χ2v) is 11.2. The third kappa shape index (κ3) is 4.38. The van der Waals surface area contributed by atoms with Gasteiger partial charge in [0.25, 0.3) is 10.0 Å². The van der Waals surface area contributed by atoms with Gasteiger partial charge < -0.3 is 14.7 Å². The number of piperidine rings is 1. The lowest BCUT2D eigenvalue weighted by Gasteiger charge is -2.32. The first-order chi connectivity index (χ1) is 16.3. The molecule has 5 rings (SSSR count). The summed E-state index contributed by atoms with van der Waals surface area (Å²) in [6.07, 6.45) is 3.36. The summed E-state index contributed by atoms with van der Waals surface area (Å²) in [5, 5.41) is 9.88. The Morgan fingerprint density at radius 2 is 2.12 bits per heavy atom. The fraction of sp³-hybridized carbons (Fsp3) is 0.480. The Kier molecular flexibility index (Phi) is 6.02. The van der Waals surface area contributed by atoms with Crippen molar-refractivity contribution in [3.63, 3.8) is 0 Å². The van der Waals surface area contributed by atoms with Gasteiger partial charge in [-0.1, -0.05) is 13.0 Å². The Hall–Kier alpha value is -2.65. The maximum atomic E-state index is 14.1. The molecule has 2 aromatic carbocycles. The van der Waals surface area contributed by atoms with Gasteiger partial charge in [-0.15, -0.1) is 0 Å². The van der Waals surface area contributed by atoms with Gasteiger partial charge >= 0.3 is 5.97 Å². The second kappa shape index (κ2) is 8.85. The van der Waals surface area contributed by atoms with Crippen molar-refractivity contribution >= 4 is 21.7 Å². The van der Waals surface area contributed by atoms with Crippen LogP contribution >= 0.6 is 0 Å². The molecule has 1 unspecified atom stereocenters. The topological polar surface area (TPSA) is 95.9 Å². The predicted molar refractivity (Wildman–Crippen MR) is 125 cm³/mol. The molecule has 182 valence electrons. The van der Waals surface area contributed by atoms with Crippen LogP contribution in [0.25, 0.3) is 0 Å². The number of likely N-dealkylation sites (tertiary alicyclic amines) is 1. The van der Waals surface area contributed by atoms with Gasteiger partial charge in [0.1, 0.15) is 17.1 Å². The highest BCUT2D eigenvalue weighted by molar-refractivity contribution is 7.92. The van der Waals surface area contributed by atoms with Crippen LogP contribution in [0.4, 0.5) is 10.1 Å². The smallest absolute Gasteiger partial charge is 0.341 e. The summed E-state index contributed by atoms with van der Waals surface area (Å²) < 4.78 is 49.2. The number of fused-ring (bicyclic) bond motifs is 3. The van der Waals surface area contributed by atoms with Crippen molar-refractivity contribution in [2.75, 3.05) is 31.0 Å². The molecule has 0 aromatic heterocycles. The number of anilines is 1. The van der Waals surface area contributed by atoms with Crippen molar-refractivity contribution < 1.29 is 27.4 Å². The van der Waals surface area contributed by atoms with E-state index in [0.717, 1.165) is 50.5 Å². The summed E-state index contributed by atoms with van der Waals surface area (Å²) in [6.45, 7) is 5.31. The van der Waals surface area contributed by atoms with Gasteiger partial charge in [0, 0.05) is 12.5 Å². The molecule has 34 heavy (non-hydrogen) atoms. The summed E-state index contributed by atoms with van der Waals surface area (Å²) >= 11 is 0. The zero-order valence-electron chi connectivity index (χ0n) is 19.1. The number of aromatic carboxylic acids is 1. The van der Waals surface area contributed by atoms with Gasteiger partial charge in [-0.3, -0.25) is 4.72 Å². The van der Waals surface area contributed by atoms with Crippen LogP contribution in [0.15, 0.2) is 35.2 Å². The molecule has 3 aliphatic rings. The lowest BCUT2D eigenvalue weighted by Crippen LogP contribution is -2.36. The Labute approximate surface area is 199 Å². The molecule has 2 aliphatic heterocycles. The van der Waals surface area contributed by atoms with E-state index in [4.69, 9.17) is 4.74 Å². The molecule has 2 N–H and O–H groups in total. The third-order valence-electron chi connectivity index (χ3n) is 7.28. The minimum absolute atomic E-state index is 0.0280. The molecule has 1 saturated heterocycles. The quantitative estimate of drug-likeness (QED) is 0.609. The van der Waals surface area contributed by atoms with Crippen molar-refractivity contribution in [1.82, 2.24) is 4.90 Å². The van der Waals surface area contributed by atoms with E-state index >= 15 is 0 Å². The average molecular weight is 489 g/mol. The summed E-state index contributed by atoms with van der Waals surface area (Å²) in [4.78, 5) is 14.4. The zero-order valence-corrected chi connectivity index (χ0v) is 19.9. The maximum absolute atomic E-state index is 14.1. The number of carboxylic acids is 1. The normalized spacial score (nSPS) is 24.0. The van der Waals surface area contributed by atoms with Crippen molar-refractivity contribution in [3.05, 3.63) is 52.8 Å². The largest absolute Gasteiger partial charge is 0.492 e. The molecular weight excluding hydrogens is 459 g/mol. The highest BCUT2D eigenvalue weighted by Crippen LogP contribution is 2.55. The molecule has 2 aromatic rings. The number of benzene rings is 2. The molecule has 9 heteroatoms. The summed E-state index contributed by atoms with van der Waals surface area (Å²) in [5.41, 5.74) is 0.996. The third-order valence-corrected chi connectivity index (χ3v) is 8.75. The molecule has 0 amide bonds. The van der Waals surface area contributed by atoms with Crippen molar-refractivity contribution in [3.8, 4) is 5.75 Å². The molecular formula is C25H29FN2O5S. The fourth-order valence-electron chi connectivity index (χ4n) is 5.43. The Morgan fingerprint density at radius 3 is 2.88 bits per heavy atom.